The van der Waals surface area contributed by atoms with Crippen LogP contribution in [0.25, 0.3) is 0 Å². The van der Waals surface area contributed by atoms with Crippen molar-refractivity contribution in [3.05, 3.63) is 50.6 Å². The quantitative estimate of drug-likeness (QED) is 0.771. The van der Waals surface area contributed by atoms with E-state index >= 15 is 0 Å². The summed E-state index contributed by atoms with van der Waals surface area (Å²) in [5.74, 6) is 0.953. The van der Waals surface area contributed by atoms with Crippen LogP contribution in [0, 0.1) is 0 Å². The predicted molar refractivity (Wildman–Crippen MR) is 89.8 cm³/mol. The lowest BCUT2D eigenvalue weighted by atomic mass is 10.0. The number of methoxy groups -OCH3 is 1. The Balaban J connectivity index is 2.24. The van der Waals surface area contributed by atoms with Crippen LogP contribution in [0.4, 0.5) is 0 Å². The van der Waals surface area contributed by atoms with Crippen LogP contribution in [0.2, 0.25) is 0 Å². The third kappa shape index (κ3) is 3.84. The number of ether oxygens (including phenoxy) is 1. The second-order valence-corrected chi connectivity index (χ2v) is 6.50. The topological polar surface area (TPSA) is 21.3 Å². The van der Waals surface area contributed by atoms with Gasteiger partial charge in [0.2, 0.25) is 0 Å². The number of benzene rings is 1. The molecule has 0 aliphatic rings. The average Bonchev–Trinajstić information content (AvgIpc) is 2.88. The zero-order chi connectivity index (χ0) is 14.4. The van der Waals surface area contributed by atoms with E-state index in [1.807, 2.05) is 12.1 Å². The number of halogens is 1. The number of nitrogens with one attached hydrogen (secondary N) is 1. The SMILES string of the molecule is CCCNC(Cc1sccc1Br)c1ccccc1OC. The minimum Gasteiger partial charge on any atom is -0.496 e. The van der Waals surface area contributed by atoms with Crippen molar-refractivity contribution in [2.24, 2.45) is 0 Å². The van der Waals surface area contributed by atoms with Gasteiger partial charge in [0.15, 0.2) is 0 Å². The van der Waals surface area contributed by atoms with Crippen LogP contribution in [-0.2, 0) is 6.42 Å². The highest BCUT2D eigenvalue weighted by atomic mass is 79.9. The molecule has 1 aromatic carbocycles. The third-order valence-electron chi connectivity index (χ3n) is 3.24. The van der Waals surface area contributed by atoms with Crippen LogP contribution in [-0.4, -0.2) is 13.7 Å². The Morgan fingerprint density at radius 1 is 1.30 bits per heavy atom. The molecule has 1 heterocycles. The molecule has 2 rings (SSSR count). The van der Waals surface area contributed by atoms with E-state index in [0.717, 1.165) is 25.1 Å². The van der Waals surface area contributed by atoms with Crippen LogP contribution in [0.5, 0.6) is 5.75 Å². The molecule has 1 aromatic heterocycles. The average molecular weight is 354 g/mol. The monoisotopic (exact) mass is 353 g/mol. The summed E-state index contributed by atoms with van der Waals surface area (Å²) in [5.41, 5.74) is 1.23. The number of hydrogen-bond donors (Lipinski definition) is 1. The highest BCUT2D eigenvalue weighted by Gasteiger charge is 2.17. The number of para-hydroxylation sites is 1. The third-order valence-corrected chi connectivity index (χ3v) is 5.18. The van der Waals surface area contributed by atoms with Gasteiger partial charge in [0, 0.05) is 27.4 Å². The number of thiophene rings is 1. The maximum atomic E-state index is 5.51. The molecule has 0 saturated heterocycles. The van der Waals surface area contributed by atoms with Crippen molar-refractivity contribution >= 4 is 27.3 Å². The highest BCUT2D eigenvalue weighted by Crippen LogP contribution is 2.32. The van der Waals surface area contributed by atoms with Crippen LogP contribution < -0.4 is 10.1 Å². The van der Waals surface area contributed by atoms with Gasteiger partial charge in [-0.15, -0.1) is 11.3 Å². The lowest BCUT2D eigenvalue weighted by Crippen LogP contribution is -2.24. The van der Waals surface area contributed by atoms with Crippen LogP contribution in [0.15, 0.2) is 40.2 Å². The minimum atomic E-state index is 0.279. The van der Waals surface area contributed by atoms with Crippen LogP contribution >= 0.6 is 27.3 Å². The van der Waals surface area contributed by atoms with Crippen molar-refractivity contribution in [3.8, 4) is 5.75 Å². The summed E-state index contributed by atoms with van der Waals surface area (Å²) >= 11 is 5.41. The Bertz CT molecular complexity index is 541. The summed E-state index contributed by atoms with van der Waals surface area (Å²) in [6, 6.07) is 10.6. The van der Waals surface area contributed by atoms with E-state index in [0.29, 0.717) is 0 Å². The summed E-state index contributed by atoms with van der Waals surface area (Å²) < 4.78 is 6.70. The summed E-state index contributed by atoms with van der Waals surface area (Å²) in [6.07, 6.45) is 2.09. The zero-order valence-corrected chi connectivity index (χ0v) is 14.3. The fourth-order valence-corrected chi connectivity index (χ4v) is 3.78. The fourth-order valence-electron chi connectivity index (χ4n) is 2.22. The first-order valence-corrected chi connectivity index (χ1v) is 8.51. The molecule has 0 spiro atoms. The largest absolute Gasteiger partial charge is 0.496 e. The van der Waals surface area contributed by atoms with Crippen molar-refractivity contribution < 1.29 is 4.74 Å². The van der Waals surface area contributed by atoms with E-state index in [1.54, 1.807) is 18.4 Å². The number of rotatable bonds is 7. The predicted octanol–water partition coefficient (Wildman–Crippen LogP) is 4.80. The van der Waals surface area contributed by atoms with Gasteiger partial charge in [-0.05, 0) is 46.4 Å². The lowest BCUT2D eigenvalue weighted by molar-refractivity contribution is 0.398. The van der Waals surface area contributed by atoms with Crippen molar-refractivity contribution in [3.63, 3.8) is 0 Å². The first-order chi connectivity index (χ1) is 9.76. The van der Waals surface area contributed by atoms with Gasteiger partial charge in [0.25, 0.3) is 0 Å². The lowest BCUT2D eigenvalue weighted by Gasteiger charge is -2.21. The Kier molecular flexibility index (Phi) is 6.07. The molecule has 0 radical (unpaired) electrons. The summed E-state index contributed by atoms with van der Waals surface area (Å²) in [4.78, 5) is 1.37. The van der Waals surface area contributed by atoms with Gasteiger partial charge in [-0.2, -0.15) is 0 Å². The van der Waals surface area contributed by atoms with E-state index in [4.69, 9.17) is 4.74 Å². The smallest absolute Gasteiger partial charge is 0.123 e. The van der Waals surface area contributed by atoms with E-state index in [2.05, 4.69) is 51.7 Å². The van der Waals surface area contributed by atoms with E-state index < -0.39 is 0 Å². The van der Waals surface area contributed by atoms with Gasteiger partial charge in [-0.25, -0.2) is 0 Å². The van der Waals surface area contributed by atoms with Crippen molar-refractivity contribution in [1.29, 1.82) is 0 Å². The van der Waals surface area contributed by atoms with Gasteiger partial charge < -0.3 is 10.1 Å². The van der Waals surface area contributed by atoms with Gasteiger partial charge >= 0.3 is 0 Å². The number of hydrogen-bond acceptors (Lipinski definition) is 3. The Morgan fingerprint density at radius 2 is 2.10 bits per heavy atom. The molecule has 4 heteroatoms. The molecule has 1 atom stereocenters. The highest BCUT2D eigenvalue weighted by molar-refractivity contribution is 9.10. The Morgan fingerprint density at radius 3 is 2.75 bits per heavy atom. The van der Waals surface area contributed by atoms with Gasteiger partial charge in [-0.1, -0.05) is 25.1 Å². The zero-order valence-electron chi connectivity index (χ0n) is 11.9. The molecule has 0 aliphatic heterocycles. The van der Waals surface area contributed by atoms with Crippen molar-refractivity contribution in [2.75, 3.05) is 13.7 Å². The Hall–Kier alpha value is -0.840. The molecular formula is C16H20BrNOS. The Labute approximate surface area is 133 Å². The van der Waals surface area contributed by atoms with Gasteiger partial charge in [0.05, 0.1) is 7.11 Å². The maximum Gasteiger partial charge on any atom is 0.123 e. The molecule has 0 aliphatic carbocycles. The standard InChI is InChI=1S/C16H20BrNOS/c1-3-9-18-14(11-16-13(17)8-10-20-16)12-6-4-5-7-15(12)19-2/h4-8,10,14,18H,3,9,11H2,1-2H3. The van der Waals surface area contributed by atoms with E-state index in [-0.39, 0.29) is 6.04 Å². The van der Waals surface area contributed by atoms with Gasteiger partial charge in [0.1, 0.15) is 5.75 Å². The first-order valence-electron chi connectivity index (χ1n) is 6.84. The molecule has 108 valence electrons. The normalized spacial score (nSPS) is 12.3. The molecule has 0 saturated carbocycles. The van der Waals surface area contributed by atoms with Crippen LogP contribution in [0.3, 0.4) is 0 Å². The first kappa shape index (κ1) is 15.5. The molecular weight excluding hydrogens is 334 g/mol. The van der Waals surface area contributed by atoms with Crippen LogP contribution in [0.1, 0.15) is 29.8 Å². The van der Waals surface area contributed by atoms with Crippen molar-refractivity contribution in [2.45, 2.75) is 25.8 Å². The fraction of sp³-hybridized carbons (Fsp3) is 0.375. The van der Waals surface area contributed by atoms with Gasteiger partial charge in [-0.3, -0.25) is 0 Å². The van der Waals surface area contributed by atoms with Crippen molar-refractivity contribution in [1.82, 2.24) is 5.32 Å². The molecule has 1 unspecified atom stereocenters. The summed E-state index contributed by atoms with van der Waals surface area (Å²) in [7, 11) is 1.73. The maximum absolute atomic E-state index is 5.51. The molecule has 2 aromatic rings. The molecule has 2 nitrogen and oxygen atoms in total. The summed E-state index contributed by atoms with van der Waals surface area (Å²) in [6.45, 7) is 3.19. The second-order valence-electron chi connectivity index (χ2n) is 4.64. The molecule has 0 bridgehead atoms. The van der Waals surface area contributed by atoms with E-state index in [1.165, 1.54) is 14.9 Å². The second kappa shape index (κ2) is 7.81. The molecule has 0 fully saturated rings. The molecule has 0 amide bonds. The summed E-state index contributed by atoms with van der Waals surface area (Å²) in [5, 5.41) is 5.76. The minimum absolute atomic E-state index is 0.279. The van der Waals surface area contributed by atoms with E-state index in [9.17, 15) is 0 Å². The molecule has 1 N–H and O–H groups in total. The molecule has 20 heavy (non-hydrogen) atoms.